The molecule has 1 amide bonds. The Morgan fingerprint density at radius 1 is 1.15 bits per heavy atom. The number of hydrogen-bond donors (Lipinski definition) is 1. The molecule has 0 saturated heterocycles. The van der Waals surface area contributed by atoms with Crippen molar-refractivity contribution < 1.29 is 9.18 Å². The quantitative estimate of drug-likeness (QED) is 0.324. The molecule has 0 bridgehead atoms. The number of aryl methyl sites for hydroxylation is 1. The van der Waals surface area contributed by atoms with Gasteiger partial charge in [-0.2, -0.15) is 0 Å². The van der Waals surface area contributed by atoms with Crippen LogP contribution in [0, 0.1) is 12.7 Å². The predicted octanol–water partition coefficient (Wildman–Crippen LogP) is 6.08. The number of halogens is 2. The van der Waals surface area contributed by atoms with Crippen molar-refractivity contribution >= 4 is 49.8 Å². The number of aromatic amines is 1. The average molecular weight is 492 g/mol. The van der Waals surface area contributed by atoms with Gasteiger partial charge in [0.2, 0.25) is 0 Å². The van der Waals surface area contributed by atoms with Crippen LogP contribution in [0.3, 0.4) is 0 Å². The van der Waals surface area contributed by atoms with Crippen LogP contribution in [0.1, 0.15) is 26.4 Å². The summed E-state index contributed by atoms with van der Waals surface area (Å²) in [4.78, 5) is 35.4. The highest BCUT2D eigenvalue weighted by Crippen LogP contribution is 2.37. The largest absolute Gasteiger partial charge is 0.329 e. The minimum atomic E-state index is -0.394. The fourth-order valence-electron chi connectivity index (χ4n) is 3.93. The number of carbonyl (C=O) groups is 1. The molecule has 170 valence electrons. The number of carbonyl (C=O) groups excluding carboxylic acids is 1. The van der Waals surface area contributed by atoms with Crippen LogP contribution in [-0.4, -0.2) is 20.8 Å². The van der Waals surface area contributed by atoms with E-state index in [1.165, 1.54) is 12.1 Å². The van der Waals surface area contributed by atoms with Gasteiger partial charge in [-0.05, 0) is 60.3 Å². The van der Waals surface area contributed by atoms with Crippen LogP contribution in [0.25, 0.3) is 21.0 Å². The van der Waals surface area contributed by atoms with Gasteiger partial charge in [-0.15, -0.1) is 11.3 Å². The van der Waals surface area contributed by atoms with Crippen molar-refractivity contribution in [1.82, 2.24) is 14.9 Å². The lowest BCUT2D eigenvalue weighted by molar-refractivity contribution is 0.0734. The van der Waals surface area contributed by atoms with E-state index in [-0.39, 0.29) is 29.6 Å². The standard InChI is InChI=1S/C26H19ClFN3O2S/c1-15-4-7-21-17(9-15)10-18(25(32)30-21)14-31(13-16-3-2-8-29-12-16)26(33)24-23(27)20-6-5-19(28)11-22(20)34-24/h2-12H,13-14H2,1H3,(H,30,32). The number of nitrogens with one attached hydrogen (secondary N) is 1. The SMILES string of the molecule is Cc1ccc2[nH]c(=O)c(CN(Cc3cccnc3)C(=O)c3sc4cc(F)ccc4c3Cl)cc2c1. The van der Waals surface area contributed by atoms with E-state index < -0.39 is 5.82 Å². The van der Waals surface area contributed by atoms with E-state index in [1.54, 1.807) is 29.4 Å². The third-order valence-electron chi connectivity index (χ3n) is 5.61. The number of fused-ring (bicyclic) bond motifs is 2. The summed E-state index contributed by atoms with van der Waals surface area (Å²) >= 11 is 7.68. The molecule has 1 N–H and O–H groups in total. The van der Waals surface area contributed by atoms with Gasteiger partial charge in [0.15, 0.2) is 0 Å². The Bertz CT molecular complexity index is 1600. The lowest BCUT2D eigenvalue weighted by Gasteiger charge is -2.22. The van der Waals surface area contributed by atoms with E-state index >= 15 is 0 Å². The van der Waals surface area contributed by atoms with Crippen LogP contribution in [0.4, 0.5) is 4.39 Å². The molecule has 0 aliphatic heterocycles. The Morgan fingerprint density at radius 3 is 2.79 bits per heavy atom. The zero-order valence-corrected chi connectivity index (χ0v) is 19.7. The molecule has 0 aliphatic rings. The lowest BCUT2D eigenvalue weighted by Crippen LogP contribution is -2.32. The molecule has 5 rings (SSSR count). The van der Waals surface area contributed by atoms with Gasteiger partial charge in [0.05, 0.1) is 11.6 Å². The van der Waals surface area contributed by atoms with Crippen LogP contribution < -0.4 is 5.56 Å². The molecule has 0 spiro atoms. The first-order valence-corrected chi connectivity index (χ1v) is 11.8. The molecular formula is C26H19ClFN3O2S. The van der Waals surface area contributed by atoms with E-state index in [0.29, 0.717) is 20.5 Å². The summed E-state index contributed by atoms with van der Waals surface area (Å²) in [7, 11) is 0. The van der Waals surface area contributed by atoms with E-state index in [4.69, 9.17) is 11.6 Å². The molecule has 34 heavy (non-hydrogen) atoms. The molecule has 8 heteroatoms. The molecular weight excluding hydrogens is 473 g/mol. The van der Waals surface area contributed by atoms with E-state index in [2.05, 4.69) is 9.97 Å². The number of amides is 1. The maximum atomic E-state index is 13.7. The number of rotatable bonds is 5. The molecule has 3 aromatic heterocycles. The van der Waals surface area contributed by atoms with Crippen molar-refractivity contribution in [3.63, 3.8) is 0 Å². The highest BCUT2D eigenvalue weighted by Gasteiger charge is 2.24. The predicted molar refractivity (Wildman–Crippen MR) is 134 cm³/mol. The Labute approximate surface area is 203 Å². The van der Waals surface area contributed by atoms with Gasteiger partial charge in [0.1, 0.15) is 10.7 Å². The Kier molecular flexibility index (Phi) is 5.89. The molecule has 0 radical (unpaired) electrons. The molecule has 0 fully saturated rings. The summed E-state index contributed by atoms with van der Waals surface area (Å²) in [6.45, 7) is 2.29. The van der Waals surface area contributed by atoms with E-state index in [1.807, 2.05) is 37.3 Å². The molecule has 0 unspecified atom stereocenters. The number of benzene rings is 2. The van der Waals surface area contributed by atoms with Crippen LogP contribution in [-0.2, 0) is 13.1 Å². The van der Waals surface area contributed by atoms with Gasteiger partial charge in [-0.25, -0.2) is 4.39 Å². The maximum Gasteiger partial charge on any atom is 0.266 e. The average Bonchev–Trinajstić information content (AvgIpc) is 3.15. The summed E-state index contributed by atoms with van der Waals surface area (Å²) in [5.74, 6) is -0.728. The first kappa shape index (κ1) is 22.3. The van der Waals surface area contributed by atoms with Crippen molar-refractivity contribution in [1.29, 1.82) is 0 Å². The molecule has 3 heterocycles. The minimum absolute atomic E-state index is 0.0753. The van der Waals surface area contributed by atoms with Crippen LogP contribution in [0.2, 0.25) is 5.02 Å². The number of pyridine rings is 2. The summed E-state index contributed by atoms with van der Waals surface area (Å²) in [6.07, 6.45) is 3.33. The maximum absolute atomic E-state index is 13.7. The second kappa shape index (κ2) is 9.00. The molecule has 0 saturated carbocycles. The van der Waals surface area contributed by atoms with Gasteiger partial charge in [-0.3, -0.25) is 14.6 Å². The fourth-order valence-corrected chi connectivity index (χ4v) is 5.43. The monoisotopic (exact) mass is 491 g/mol. The van der Waals surface area contributed by atoms with Crippen molar-refractivity contribution in [3.8, 4) is 0 Å². The van der Waals surface area contributed by atoms with E-state index in [0.717, 1.165) is 33.4 Å². The van der Waals surface area contributed by atoms with Crippen molar-refractivity contribution in [3.05, 3.63) is 110 Å². The lowest BCUT2D eigenvalue weighted by atomic mass is 10.1. The number of H-pyrrole nitrogens is 1. The van der Waals surface area contributed by atoms with Gasteiger partial charge in [0, 0.05) is 40.1 Å². The van der Waals surface area contributed by atoms with Crippen LogP contribution in [0.15, 0.2) is 71.8 Å². The molecule has 5 nitrogen and oxygen atoms in total. The van der Waals surface area contributed by atoms with Crippen LogP contribution >= 0.6 is 22.9 Å². The molecule has 0 aliphatic carbocycles. The van der Waals surface area contributed by atoms with E-state index in [9.17, 15) is 14.0 Å². The summed E-state index contributed by atoms with van der Waals surface area (Å²) in [5.41, 5.74) is 2.81. The second-order valence-electron chi connectivity index (χ2n) is 8.12. The second-order valence-corrected chi connectivity index (χ2v) is 9.55. The number of thiophene rings is 1. The van der Waals surface area contributed by atoms with Crippen molar-refractivity contribution in [2.45, 2.75) is 20.0 Å². The Balaban J connectivity index is 1.57. The highest BCUT2D eigenvalue weighted by molar-refractivity contribution is 7.21. The third-order valence-corrected chi connectivity index (χ3v) is 7.25. The Hall–Kier alpha value is -3.55. The normalized spacial score (nSPS) is 11.3. The zero-order valence-electron chi connectivity index (χ0n) is 18.1. The topological polar surface area (TPSA) is 66.1 Å². The fraction of sp³-hybridized carbons (Fsp3) is 0.115. The highest BCUT2D eigenvalue weighted by atomic mass is 35.5. The van der Waals surface area contributed by atoms with Crippen molar-refractivity contribution in [2.75, 3.05) is 0 Å². The number of aromatic nitrogens is 2. The number of hydrogen-bond acceptors (Lipinski definition) is 4. The van der Waals surface area contributed by atoms with Gasteiger partial charge in [-0.1, -0.05) is 29.3 Å². The smallest absolute Gasteiger partial charge is 0.266 e. The van der Waals surface area contributed by atoms with Gasteiger partial charge < -0.3 is 9.88 Å². The van der Waals surface area contributed by atoms with Gasteiger partial charge >= 0.3 is 0 Å². The molecule has 0 atom stereocenters. The first-order chi connectivity index (χ1) is 16.4. The van der Waals surface area contributed by atoms with Crippen LogP contribution in [0.5, 0.6) is 0 Å². The first-order valence-electron chi connectivity index (χ1n) is 10.6. The zero-order chi connectivity index (χ0) is 23.8. The molecule has 5 aromatic rings. The Morgan fingerprint density at radius 2 is 2.00 bits per heavy atom. The number of nitrogens with zero attached hydrogens (tertiary/aromatic N) is 2. The van der Waals surface area contributed by atoms with Crippen molar-refractivity contribution in [2.24, 2.45) is 0 Å². The summed E-state index contributed by atoms with van der Waals surface area (Å²) in [5, 5.41) is 1.79. The summed E-state index contributed by atoms with van der Waals surface area (Å²) < 4.78 is 14.3. The van der Waals surface area contributed by atoms with Gasteiger partial charge in [0.25, 0.3) is 11.5 Å². The summed E-state index contributed by atoms with van der Waals surface area (Å²) in [6, 6.07) is 15.5. The molecule has 2 aromatic carbocycles. The third kappa shape index (κ3) is 4.32. The minimum Gasteiger partial charge on any atom is -0.329 e.